The predicted molar refractivity (Wildman–Crippen MR) is 73.4 cm³/mol. The summed E-state index contributed by atoms with van der Waals surface area (Å²) >= 11 is 0. The molecule has 1 heterocycles. The minimum absolute atomic E-state index is 0.106. The van der Waals surface area contributed by atoms with Gasteiger partial charge in [-0.2, -0.15) is 0 Å². The first-order valence-corrected chi connectivity index (χ1v) is 7.23. The summed E-state index contributed by atoms with van der Waals surface area (Å²) in [6, 6.07) is 0. The van der Waals surface area contributed by atoms with Gasteiger partial charge in [-0.3, -0.25) is 4.79 Å². The van der Waals surface area contributed by atoms with Gasteiger partial charge in [-0.1, -0.05) is 27.2 Å². The summed E-state index contributed by atoms with van der Waals surface area (Å²) in [6.07, 6.45) is 4.18. The standard InChI is InChI=1S/C14H28N2O2/c1-4-7-13(8-9-15-10-13)12(17)16-11-14(18,5-2)6-3/h15,18H,4-11H2,1-3H3,(H,16,17). The van der Waals surface area contributed by atoms with Crippen molar-refractivity contribution in [1.29, 1.82) is 0 Å². The molecule has 4 nitrogen and oxygen atoms in total. The Bertz CT molecular complexity index is 269. The van der Waals surface area contributed by atoms with Crippen molar-refractivity contribution in [3.05, 3.63) is 0 Å². The fourth-order valence-corrected chi connectivity index (χ4v) is 2.68. The molecule has 0 spiro atoms. The van der Waals surface area contributed by atoms with E-state index in [0.717, 1.165) is 32.4 Å². The number of nitrogens with one attached hydrogen (secondary N) is 2. The summed E-state index contributed by atoms with van der Waals surface area (Å²) in [5, 5.41) is 16.4. The maximum absolute atomic E-state index is 12.4. The summed E-state index contributed by atoms with van der Waals surface area (Å²) in [5.41, 5.74) is -1.01. The number of carbonyl (C=O) groups excluding carboxylic acids is 1. The van der Waals surface area contributed by atoms with E-state index in [0.29, 0.717) is 19.4 Å². The number of hydrogen-bond donors (Lipinski definition) is 3. The topological polar surface area (TPSA) is 61.4 Å². The second kappa shape index (κ2) is 6.53. The van der Waals surface area contributed by atoms with E-state index in [9.17, 15) is 9.90 Å². The van der Waals surface area contributed by atoms with Crippen LogP contribution >= 0.6 is 0 Å². The Kier molecular flexibility index (Phi) is 5.60. The van der Waals surface area contributed by atoms with Gasteiger partial charge in [-0.25, -0.2) is 0 Å². The van der Waals surface area contributed by atoms with Crippen molar-refractivity contribution in [2.75, 3.05) is 19.6 Å². The molecule has 4 heteroatoms. The molecule has 0 radical (unpaired) electrons. The fraction of sp³-hybridized carbons (Fsp3) is 0.929. The van der Waals surface area contributed by atoms with Crippen LogP contribution in [0.4, 0.5) is 0 Å². The van der Waals surface area contributed by atoms with Crippen LogP contribution in [0.5, 0.6) is 0 Å². The van der Waals surface area contributed by atoms with Crippen molar-refractivity contribution in [1.82, 2.24) is 10.6 Å². The van der Waals surface area contributed by atoms with Crippen molar-refractivity contribution >= 4 is 5.91 Å². The van der Waals surface area contributed by atoms with Gasteiger partial charge in [0.1, 0.15) is 0 Å². The van der Waals surface area contributed by atoms with Crippen LogP contribution in [0.2, 0.25) is 0 Å². The van der Waals surface area contributed by atoms with Gasteiger partial charge in [0.05, 0.1) is 11.0 Å². The molecule has 0 bridgehead atoms. The molecule has 1 rings (SSSR count). The van der Waals surface area contributed by atoms with Gasteiger partial charge in [0.15, 0.2) is 0 Å². The highest BCUT2D eigenvalue weighted by Gasteiger charge is 2.40. The molecule has 106 valence electrons. The SMILES string of the molecule is CCCC1(C(=O)NCC(O)(CC)CC)CCNC1. The lowest BCUT2D eigenvalue weighted by Crippen LogP contribution is -2.48. The zero-order valence-electron chi connectivity index (χ0n) is 12.0. The zero-order valence-corrected chi connectivity index (χ0v) is 12.0. The zero-order chi connectivity index (χ0) is 13.6. The van der Waals surface area contributed by atoms with Crippen LogP contribution in [-0.4, -0.2) is 36.2 Å². The summed E-state index contributed by atoms with van der Waals surface area (Å²) in [5.74, 6) is 0.106. The summed E-state index contributed by atoms with van der Waals surface area (Å²) in [7, 11) is 0. The summed E-state index contributed by atoms with van der Waals surface area (Å²) in [6.45, 7) is 8.07. The molecule has 1 saturated heterocycles. The largest absolute Gasteiger partial charge is 0.388 e. The van der Waals surface area contributed by atoms with Crippen LogP contribution in [0.25, 0.3) is 0 Å². The first kappa shape index (κ1) is 15.4. The van der Waals surface area contributed by atoms with Crippen LogP contribution in [0.15, 0.2) is 0 Å². The summed E-state index contributed by atoms with van der Waals surface area (Å²) in [4.78, 5) is 12.4. The van der Waals surface area contributed by atoms with Crippen molar-refractivity contribution in [2.24, 2.45) is 5.41 Å². The van der Waals surface area contributed by atoms with Gasteiger partial charge in [0.2, 0.25) is 5.91 Å². The average Bonchev–Trinajstić information content (AvgIpc) is 2.86. The third-order valence-electron chi connectivity index (χ3n) is 4.35. The molecule has 1 aliphatic rings. The molecule has 1 amide bonds. The quantitative estimate of drug-likeness (QED) is 0.646. The Balaban J connectivity index is 2.57. The Hall–Kier alpha value is -0.610. The van der Waals surface area contributed by atoms with Gasteiger partial charge >= 0.3 is 0 Å². The monoisotopic (exact) mass is 256 g/mol. The highest BCUT2D eigenvalue weighted by atomic mass is 16.3. The van der Waals surface area contributed by atoms with E-state index in [1.807, 2.05) is 13.8 Å². The van der Waals surface area contributed by atoms with Crippen LogP contribution in [-0.2, 0) is 4.79 Å². The molecule has 0 aromatic heterocycles. The minimum Gasteiger partial charge on any atom is -0.388 e. The van der Waals surface area contributed by atoms with Crippen molar-refractivity contribution < 1.29 is 9.90 Å². The molecule has 0 saturated carbocycles. The smallest absolute Gasteiger partial charge is 0.227 e. The molecule has 0 aliphatic carbocycles. The first-order valence-electron chi connectivity index (χ1n) is 7.23. The van der Waals surface area contributed by atoms with Crippen LogP contribution in [0.1, 0.15) is 52.9 Å². The van der Waals surface area contributed by atoms with Gasteiger partial charge in [0, 0.05) is 13.1 Å². The van der Waals surface area contributed by atoms with E-state index in [4.69, 9.17) is 0 Å². The first-order chi connectivity index (χ1) is 8.52. The lowest BCUT2D eigenvalue weighted by atomic mass is 9.81. The van der Waals surface area contributed by atoms with E-state index in [2.05, 4.69) is 17.6 Å². The Labute approximate surface area is 111 Å². The number of amides is 1. The molecule has 0 aromatic carbocycles. The molecule has 1 aliphatic heterocycles. The van der Waals surface area contributed by atoms with Crippen molar-refractivity contribution in [3.63, 3.8) is 0 Å². The second-order valence-electron chi connectivity index (χ2n) is 5.57. The fourth-order valence-electron chi connectivity index (χ4n) is 2.68. The normalized spacial score (nSPS) is 24.2. The van der Waals surface area contributed by atoms with Gasteiger partial charge in [-0.15, -0.1) is 0 Å². The van der Waals surface area contributed by atoms with Crippen LogP contribution in [0, 0.1) is 5.41 Å². The number of carbonyl (C=O) groups is 1. The van der Waals surface area contributed by atoms with E-state index in [1.54, 1.807) is 0 Å². The van der Waals surface area contributed by atoms with Crippen LogP contribution in [0.3, 0.4) is 0 Å². The highest BCUT2D eigenvalue weighted by molar-refractivity contribution is 5.83. The Morgan fingerprint density at radius 3 is 2.50 bits per heavy atom. The minimum atomic E-state index is -0.755. The second-order valence-corrected chi connectivity index (χ2v) is 5.57. The molecule has 3 N–H and O–H groups in total. The van der Waals surface area contributed by atoms with Gasteiger partial charge in [-0.05, 0) is 32.2 Å². The lowest BCUT2D eigenvalue weighted by Gasteiger charge is -2.30. The number of hydrogen-bond acceptors (Lipinski definition) is 3. The average molecular weight is 256 g/mol. The van der Waals surface area contributed by atoms with Crippen molar-refractivity contribution in [2.45, 2.75) is 58.5 Å². The maximum Gasteiger partial charge on any atom is 0.227 e. The van der Waals surface area contributed by atoms with E-state index >= 15 is 0 Å². The van der Waals surface area contributed by atoms with Gasteiger partial charge in [0.25, 0.3) is 0 Å². The molecule has 18 heavy (non-hydrogen) atoms. The van der Waals surface area contributed by atoms with E-state index in [-0.39, 0.29) is 11.3 Å². The maximum atomic E-state index is 12.4. The molecule has 1 unspecified atom stereocenters. The van der Waals surface area contributed by atoms with Crippen molar-refractivity contribution in [3.8, 4) is 0 Å². The number of aliphatic hydroxyl groups is 1. The summed E-state index contributed by atoms with van der Waals surface area (Å²) < 4.78 is 0. The molecule has 1 atom stereocenters. The van der Waals surface area contributed by atoms with E-state index in [1.165, 1.54) is 0 Å². The Morgan fingerprint density at radius 1 is 1.39 bits per heavy atom. The lowest BCUT2D eigenvalue weighted by molar-refractivity contribution is -0.131. The Morgan fingerprint density at radius 2 is 2.06 bits per heavy atom. The molecular weight excluding hydrogens is 228 g/mol. The van der Waals surface area contributed by atoms with Gasteiger partial charge < -0.3 is 15.7 Å². The predicted octanol–water partition coefficient (Wildman–Crippen LogP) is 1.43. The third-order valence-corrected chi connectivity index (χ3v) is 4.35. The van der Waals surface area contributed by atoms with E-state index < -0.39 is 5.60 Å². The third kappa shape index (κ3) is 3.45. The molecule has 0 aromatic rings. The highest BCUT2D eigenvalue weighted by Crippen LogP contribution is 2.31. The molecular formula is C14H28N2O2. The van der Waals surface area contributed by atoms with Crippen LogP contribution < -0.4 is 10.6 Å². The number of rotatable bonds is 7. The molecule has 1 fully saturated rings.